The zero-order valence-electron chi connectivity index (χ0n) is 17.7. The number of hydrogen-bond donors (Lipinski definition) is 2. The first-order chi connectivity index (χ1) is 13.0. The van der Waals surface area contributed by atoms with Crippen molar-refractivity contribution in [2.45, 2.75) is 110 Å². The van der Waals surface area contributed by atoms with Crippen LogP contribution in [-0.4, -0.2) is 10.2 Å². The number of phenolic OH excluding ortho intramolecular Hbond substituents is 2. The Morgan fingerprint density at radius 3 is 2.15 bits per heavy atom. The molecule has 2 saturated carbocycles. The molecule has 0 saturated heterocycles. The van der Waals surface area contributed by atoms with Crippen LogP contribution in [-0.2, 0) is 12.8 Å². The molecule has 27 heavy (non-hydrogen) atoms. The predicted molar refractivity (Wildman–Crippen MR) is 113 cm³/mol. The summed E-state index contributed by atoms with van der Waals surface area (Å²) < 4.78 is 0. The van der Waals surface area contributed by atoms with Crippen LogP contribution in [0.15, 0.2) is 12.1 Å². The highest BCUT2D eigenvalue weighted by Gasteiger charge is 2.39. The normalized spacial score (nSPS) is 19.2. The van der Waals surface area contributed by atoms with E-state index in [9.17, 15) is 10.2 Å². The Morgan fingerprint density at radius 1 is 0.815 bits per heavy atom. The third-order valence-corrected chi connectivity index (χ3v) is 7.51. The first kappa shape index (κ1) is 20.6. The van der Waals surface area contributed by atoms with E-state index >= 15 is 0 Å². The van der Waals surface area contributed by atoms with Crippen LogP contribution >= 0.6 is 0 Å². The molecule has 3 rings (SSSR count). The number of hydrogen-bond acceptors (Lipinski definition) is 2. The Kier molecular flexibility index (Phi) is 6.76. The van der Waals surface area contributed by atoms with Gasteiger partial charge in [-0.15, -0.1) is 0 Å². The lowest BCUT2D eigenvalue weighted by Gasteiger charge is -2.13. The van der Waals surface area contributed by atoms with Gasteiger partial charge in [0, 0.05) is 5.56 Å². The Bertz CT molecular complexity index is 611. The van der Waals surface area contributed by atoms with Crippen LogP contribution in [0, 0.1) is 10.8 Å². The first-order valence-electron chi connectivity index (χ1n) is 11.5. The standard InChI is InChI=1S/C25H40O2/c1-3-25(18-19-25)15-8-5-4-6-11-21-22(26)13-12-20(23(21)27)10-7-9-14-24(2)16-17-24/h12-13,26-27H,3-11,14-19H2,1-2H3. The molecule has 1 aromatic carbocycles. The molecule has 2 aliphatic carbocycles. The van der Waals surface area contributed by atoms with Crippen molar-refractivity contribution in [1.82, 2.24) is 0 Å². The maximum absolute atomic E-state index is 10.6. The highest BCUT2D eigenvalue weighted by Crippen LogP contribution is 2.52. The highest BCUT2D eigenvalue weighted by molar-refractivity contribution is 5.48. The molecule has 0 aliphatic heterocycles. The Hall–Kier alpha value is -1.18. The number of aryl methyl sites for hydroxylation is 1. The summed E-state index contributed by atoms with van der Waals surface area (Å²) in [5, 5.41) is 20.8. The molecular formula is C25H40O2. The first-order valence-corrected chi connectivity index (χ1v) is 11.5. The second-order valence-corrected chi connectivity index (χ2v) is 9.86. The number of phenols is 2. The van der Waals surface area contributed by atoms with E-state index in [1.54, 1.807) is 6.07 Å². The van der Waals surface area contributed by atoms with Gasteiger partial charge < -0.3 is 10.2 Å². The Morgan fingerprint density at radius 2 is 1.48 bits per heavy atom. The number of benzene rings is 1. The summed E-state index contributed by atoms with van der Waals surface area (Å²) in [6.45, 7) is 4.72. The molecule has 0 aromatic heterocycles. The minimum absolute atomic E-state index is 0.268. The van der Waals surface area contributed by atoms with Gasteiger partial charge in [0.15, 0.2) is 0 Å². The van der Waals surface area contributed by atoms with Crippen molar-refractivity contribution in [1.29, 1.82) is 0 Å². The van der Waals surface area contributed by atoms with Gasteiger partial charge in [-0.1, -0.05) is 52.0 Å². The summed E-state index contributed by atoms with van der Waals surface area (Å²) >= 11 is 0. The molecule has 0 atom stereocenters. The molecule has 2 nitrogen and oxygen atoms in total. The molecule has 2 fully saturated rings. The fourth-order valence-corrected chi connectivity index (χ4v) is 4.57. The lowest BCUT2D eigenvalue weighted by molar-refractivity contribution is 0.416. The zero-order valence-corrected chi connectivity index (χ0v) is 17.7. The van der Waals surface area contributed by atoms with E-state index in [0.717, 1.165) is 36.8 Å². The van der Waals surface area contributed by atoms with Crippen molar-refractivity contribution in [2.24, 2.45) is 10.8 Å². The van der Waals surface area contributed by atoms with Gasteiger partial charge in [-0.05, 0) is 86.7 Å². The number of rotatable bonds is 13. The molecule has 0 unspecified atom stereocenters. The maximum atomic E-state index is 10.6. The van der Waals surface area contributed by atoms with Crippen LogP contribution in [0.1, 0.15) is 108 Å². The average molecular weight is 373 g/mol. The van der Waals surface area contributed by atoms with E-state index in [-0.39, 0.29) is 5.75 Å². The Labute approximate surface area is 166 Å². The molecule has 2 N–H and O–H groups in total. The lowest BCUT2D eigenvalue weighted by Crippen LogP contribution is -1.98. The van der Waals surface area contributed by atoms with Gasteiger partial charge in [0.1, 0.15) is 11.5 Å². The SMILES string of the molecule is CCC1(CCCCCCc2c(O)ccc(CCCCC3(C)CC3)c2O)CC1. The fourth-order valence-electron chi connectivity index (χ4n) is 4.57. The molecule has 2 aliphatic rings. The van der Waals surface area contributed by atoms with Gasteiger partial charge in [-0.3, -0.25) is 0 Å². The molecule has 0 spiro atoms. The predicted octanol–water partition coefficient (Wildman–Crippen LogP) is 7.29. The van der Waals surface area contributed by atoms with Gasteiger partial charge in [-0.2, -0.15) is 0 Å². The van der Waals surface area contributed by atoms with Gasteiger partial charge in [0.2, 0.25) is 0 Å². The summed E-state index contributed by atoms with van der Waals surface area (Å²) in [7, 11) is 0. The fraction of sp³-hybridized carbons (Fsp3) is 0.760. The van der Waals surface area contributed by atoms with E-state index < -0.39 is 0 Å². The monoisotopic (exact) mass is 372 g/mol. The van der Waals surface area contributed by atoms with Gasteiger partial charge in [0.25, 0.3) is 0 Å². The van der Waals surface area contributed by atoms with Crippen LogP contribution in [0.5, 0.6) is 11.5 Å². The van der Waals surface area contributed by atoms with Gasteiger partial charge >= 0.3 is 0 Å². The van der Waals surface area contributed by atoms with Crippen LogP contribution in [0.4, 0.5) is 0 Å². The second-order valence-electron chi connectivity index (χ2n) is 9.86. The summed E-state index contributed by atoms with van der Waals surface area (Å²) in [6, 6.07) is 3.69. The quantitative estimate of drug-likeness (QED) is 0.357. The van der Waals surface area contributed by atoms with Crippen molar-refractivity contribution < 1.29 is 10.2 Å². The van der Waals surface area contributed by atoms with Crippen LogP contribution < -0.4 is 0 Å². The summed E-state index contributed by atoms with van der Waals surface area (Å²) in [5.41, 5.74) is 3.12. The minimum Gasteiger partial charge on any atom is -0.508 e. The zero-order chi connectivity index (χ0) is 19.3. The largest absolute Gasteiger partial charge is 0.508 e. The van der Waals surface area contributed by atoms with E-state index in [1.165, 1.54) is 70.6 Å². The minimum atomic E-state index is 0.268. The van der Waals surface area contributed by atoms with E-state index in [0.29, 0.717) is 16.6 Å². The molecular weight excluding hydrogens is 332 g/mol. The summed E-state index contributed by atoms with van der Waals surface area (Å²) in [5.74, 6) is 0.625. The summed E-state index contributed by atoms with van der Waals surface area (Å²) in [4.78, 5) is 0. The van der Waals surface area contributed by atoms with Crippen molar-refractivity contribution in [2.75, 3.05) is 0 Å². The van der Waals surface area contributed by atoms with Crippen LogP contribution in [0.2, 0.25) is 0 Å². The van der Waals surface area contributed by atoms with E-state index in [4.69, 9.17) is 0 Å². The molecule has 0 bridgehead atoms. The number of aromatic hydroxyl groups is 2. The highest BCUT2D eigenvalue weighted by atomic mass is 16.3. The molecule has 0 amide bonds. The second kappa shape index (κ2) is 8.88. The van der Waals surface area contributed by atoms with Crippen molar-refractivity contribution in [3.05, 3.63) is 23.3 Å². The van der Waals surface area contributed by atoms with Crippen molar-refractivity contribution in [3.8, 4) is 11.5 Å². The van der Waals surface area contributed by atoms with Crippen LogP contribution in [0.3, 0.4) is 0 Å². The Balaban J connectivity index is 1.38. The van der Waals surface area contributed by atoms with Crippen molar-refractivity contribution in [3.63, 3.8) is 0 Å². The van der Waals surface area contributed by atoms with Crippen LogP contribution in [0.25, 0.3) is 0 Å². The average Bonchev–Trinajstić information content (AvgIpc) is 3.57. The summed E-state index contributed by atoms with van der Waals surface area (Å²) in [6.07, 6.45) is 18.7. The maximum Gasteiger partial charge on any atom is 0.125 e. The number of unbranched alkanes of at least 4 members (excludes halogenated alkanes) is 4. The molecule has 0 radical (unpaired) electrons. The molecule has 0 heterocycles. The van der Waals surface area contributed by atoms with Crippen molar-refractivity contribution >= 4 is 0 Å². The smallest absolute Gasteiger partial charge is 0.125 e. The molecule has 2 heteroatoms. The lowest BCUT2D eigenvalue weighted by atomic mass is 9.94. The third-order valence-electron chi connectivity index (χ3n) is 7.51. The van der Waals surface area contributed by atoms with Gasteiger partial charge in [0.05, 0.1) is 0 Å². The molecule has 1 aromatic rings. The van der Waals surface area contributed by atoms with E-state index in [1.807, 2.05) is 6.07 Å². The topological polar surface area (TPSA) is 40.5 Å². The van der Waals surface area contributed by atoms with Gasteiger partial charge in [-0.25, -0.2) is 0 Å². The van der Waals surface area contributed by atoms with E-state index in [2.05, 4.69) is 13.8 Å². The molecule has 152 valence electrons. The third kappa shape index (κ3) is 5.90.